The van der Waals surface area contributed by atoms with Crippen LogP contribution in [0.15, 0.2) is 169 Å². The van der Waals surface area contributed by atoms with Crippen LogP contribution in [0.4, 0.5) is 0 Å². The van der Waals surface area contributed by atoms with Crippen LogP contribution in [0.1, 0.15) is 40.7 Å². The molecule has 8 aromatic rings. The summed E-state index contributed by atoms with van der Waals surface area (Å²) in [6, 6.07) is 56.3. The Morgan fingerprint density at radius 1 is 0.593 bits per heavy atom. The summed E-state index contributed by atoms with van der Waals surface area (Å²) < 4.78 is 10.2. The second-order valence-electron chi connectivity index (χ2n) is 14.2. The first-order chi connectivity index (χ1) is 26.6. The zero-order valence-corrected chi connectivity index (χ0v) is 33.3. The van der Waals surface area contributed by atoms with Crippen molar-refractivity contribution in [3.63, 3.8) is 0 Å². The van der Waals surface area contributed by atoms with Crippen molar-refractivity contribution >= 4 is 62.1 Å². The number of hydrogen-bond acceptors (Lipinski definition) is 2. The van der Waals surface area contributed by atoms with Crippen LogP contribution in [0.3, 0.4) is 0 Å². The van der Waals surface area contributed by atoms with E-state index in [1.807, 2.05) is 17.5 Å². The molecule has 7 aromatic carbocycles. The van der Waals surface area contributed by atoms with E-state index >= 15 is 0 Å². The van der Waals surface area contributed by atoms with E-state index in [9.17, 15) is 0 Å². The van der Waals surface area contributed by atoms with E-state index < -0.39 is 18.9 Å². The van der Waals surface area contributed by atoms with E-state index in [0.29, 0.717) is 0 Å². The van der Waals surface area contributed by atoms with Crippen molar-refractivity contribution in [2.24, 2.45) is 4.99 Å². The summed E-state index contributed by atoms with van der Waals surface area (Å²) in [6.45, 7) is 4.49. The molecule has 0 amide bonds. The fourth-order valence-electron chi connectivity index (χ4n) is 8.62. The molecule has 0 N–H and O–H groups in total. The van der Waals surface area contributed by atoms with Gasteiger partial charge in [-0.2, -0.15) is 0 Å². The molecule has 0 radical (unpaired) electrons. The van der Waals surface area contributed by atoms with E-state index in [1.165, 1.54) is 99.7 Å². The summed E-state index contributed by atoms with van der Waals surface area (Å²) in [5.41, 5.74) is 17.1. The van der Waals surface area contributed by atoms with Gasteiger partial charge in [-0.1, -0.05) is 170 Å². The molecule has 2 aliphatic rings. The van der Waals surface area contributed by atoms with E-state index in [0.717, 1.165) is 6.42 Å². The van der Waals surface area contributed by atoms with Crippen LogP contribution in [0.25, 0.3) is 64.7 Å². The number of thiophene rings is 1. The van der Waals surface area contributed by atoms with Crippen LogP contribution in [0.2, 0.25) is 0 Å². The molecule has 1 unspecified atom stereocenters. The molecule has 3 heteroatoms. The summed E-state index contributed by atoms with van der Waals surface area (Å²) in [4.78, 5) is 5.17. The van der Waals surface area contributed by atoms with E-state index in [4.69, 9.17) is 9.51 Å². The summed E-state index contributed by atoms with van der Waals surface area (Å²) in [5.74, 6) is 0.113. The molecule has 1 atom stereocenters. The van der Waals surface area contributed by atoms with Gasteiger partial charge < -0.3 is 0 Å². The summed E-state index contributed by atoms with van der Waals surface area (Å²) >= 11 is -0.214. The van der Waals surface area contributed by atoms with Gasteiger partial charge in [-0.25, -0.2) is 0 Å². The smallest absolute Gasteiger partial charge is 0.0800 e. The number of allylic oxidation sites excluding steroid dienone is 1. The topological polar surface area (TPSA) is 12.4 Å². The van der Waals surface area contributed by atoms with Crippen LogP contribution < -0.4 is 0 Å². The van der Waals surface area contributed by atoms with Gasteiger partial charge in [0.1, 0.15) is 0 Å². The molecule has 1 aliphatic heterocycles. The highest BCUT2D eigenvalue weighted by molar-refractivity contribution is 14.2. The van der Waals surface area contributed by atoms with Gasteiger partial charge in [0, 0.05) is 29.9 Å². The molecule has 2 heterocycles. The monoisotopic (exact) mass is 823 g/mol. The average Bonchev–Trinajstić information content (AvgIpc) is 3.77. The molecule has 260 valence electrons. The normalized spacial score (nSPS) is 15.1. The minimum absolute atomic E-state index is 0.113. The Hall–Kier alpha value is -5.36. The highest BCUT2D eigenvalue weighted by Gasteiger charge is 2.33. The Bertz CT molecular complexity index is 2950. The number of halogens is 1. The lowest BCUT2D eigenvalue weighted by Crippen LogP contribution is -2.11. The van der Waals surface area contributed by atoms with Gasteiger partial charge in [0.2, 0.25) is 0 Å². The van der Waals surface area contributed by atoms with Gasteiger partial charge in [0.05, 0.1) is 9.64 Å². The van der Waals surface area contributed by atoms with Gasteiger partial charge in [-0.05, 0) is 104 Å². The molecule has 0 bridgehead atoms. The first-order valence-electron chi connectivity index (χ1n) is 18.6. The van der Waals surface area contributed by atoms with Crippen LogP contribution in [0, 0.1) is 6.92 Å². The maximum Gasteiger partial charge on any atom is 0.0800 e. The SMILES string of the molecule is C=I1=C(c2ccc(-c3cccc4c3sc3ccccc34)cc2)C=CN=C1C1c2ccccc2-c2cc(-c3cccc(-c4ccccc4C)c3CC)ccc21. The first-order valence-corrected chi connectivity index (χ1v) is 23.1. The third-order valence-electron chi connectivity index (χ3n) is 11.2. The maximum atomic E-state index is 5.17. The second kappa shape index (κ2) is 13.5. The van der Waals surface area contributed by atoms with E-state index in [2.05, 4.69) is 172 Å². The van der Waals surface area contributed by atoms with Gasteiger partial charge in [0.25, 0.3) is 0 Å². The van der Waals surface area contributed by atoms with Crippen molar-refractivity contribution in [2.45, 2.75) is 26.2 Å². The molecule has 1 nitrogen and oxygen atoms in total. The number of aliphatic imine (C=N–C) groups is 1. The zero-order chi connectivity index (χ0) is 36.3. The highest BCUT2D eigenvalue weighted by atomic mass is 127. The molecule has 1 aliphatic carbocycles. The van der Waals surface area contributed by atoms with Gasteiger partial charge in [-0.15, -0.1) is 11.3 Å². The largest absolute Gasteiger partial charge is 0.255 e. The maximum absolute atomic E-state index is 5.17. The molecule has 0 fully saturated rings. The Morgan fingerprint density at radius 3 is 2.09 bits per heavy atom. The number of fused-ring (bicyclic) bond motifs is 6. The zero-order valence-electron chi connectivity index (χ0n) is 30.3. The summed E-state index contributed by atoms with van der Waals surface area (Å²) in [5, 5.41) is 2.67. The molecule has 1 aromatic heterocycles. The molecule has 54 heavy (non-hydrogen) atoms. The number of hydrogen-bond donors (Lipinski definition) is 0. The minimum atomic E-state index is -2.10. The van der Waals surface area contributed by atoms with E-state index in [1.54, 1.807) is 0 Å². The standard InChI is InChI=1S/C51H38INS/c1-4-36-38(18-11-20-40(36)37-14-6-5-13-32(37)2)35-27-28-44-46(31-35)41-15-7-8-17-43(41)49(44)51-52(3)47(29-30-53-51)34-25-23-33(24-26-34)39-19-12-21-45-42-16-9-10-22-48(42)54-50(39)45/h5-31,49H,3-4H2,1-2H3. The van der Waals surface area contributed by atoms with Crippen molar-refractivity contribution < 1.29 is 0 Å². The van der Waals surface area contributed by atoms with Gasteiger partial charge in [0.15, 0.2) is 0 Å². The van der Waals surface area contributed by atoms with Crippen molar-refractivity contribution in [3.05, 3.63) is 192 Å². The quantitative estimate of drug-likeness (QED) is 0.148. The van der Waals surface area contributed by atoms with Crippen LogP contribution >= 0.6 is 30.2 Å². The molecular weight excluding hydrogens is 786 g/mol. The average molecular weight is 824 g/mol. The predicted octanol–water partition coefficient (Wildman–Crippen LogP) is 14.1. The summed E-state index contributed by atoms with van der Waals surface area (Å²) in [6.07, 6.45) is 5.21. The van der Waals surface area contributed by atoms with E-state index in [-0.39, 0.29) is 5.92 Å². The van der Waals surface area contributed by atoms with Crippen molar-refractivity contribution in [1.29, 1.82) is 0 Å². The Balaban J connectivity index is 1.03. The van der Waals surface area contributed by atoms with Crippen LogP contribution in [-0.4, -0.2) is 11.7 Å². The lowest BCUT2D eigenvalue weighted by molar-refractivity contribution is 1.14. The number of benzene rings is 7. The molecule has 10 rings (SSSR count). The fourth-order valence-corrected chi connectivity index (χ4v) is 14.1. The lowest BCUT2D eigenvalue weighted by atomic mass is 9.87. The summed E-state index contributed by atoms with van der Waals surface area (Å²) in [7, 11) is 0. The minimum Gasteiger partial charge on any atom is -0.255 e. The third kappa shape index (κ3) is 5.36. The van der Waals surface area contributed by atoms with Crippen molar-refractivity contribution in [3.8, 4) is 44.5 Å². The molecule has 0 saturated heterocycles. The second-order valence-corrected chi connectivity index (χ2v) is 19.5. The first kappa shape index (κ1) is 33.2. The van der Waals surface area contributed by atoms with Gasteiger partial charge >= 0.3 is 0 Å². The molecule has 0 saturated carbocycles. The van der Waals surface area contributed by atoms with Crippen LogP contribution in [-0.2, 0) is 6.42 Å². The number of rotatable bonds is 6. The fraction of sp³-hybridized carbons (Fsp3) is 0.0784. The lowest BCUT2D eigenvalue weighted by Gasteiger charge is -2.20. The Labute approximate surface area is 327 Å². The number of aryl methyl sites for hydroxylation is 1. The third-order valence-corrected chi connectivity index (χ3v) is 17.1. The van der Waals surface area contributed by atoms with Crippen molar-refractivity contribution in [2.75, 3.05) is 0 Å². The Morgan fingerprint density at radius 2 is 1.24 bits per heavy atom. The predicted molar refractivity (Wildman–Crippen MR) is 245 cm³/mol. The molecule has 0 spiro atoms. The van der Waals surface area contributed by atoms with Gasteiger partial charge in [-0.3, -0.25) is 4.99 Å². The van der Waals surface area contributed by atoms with Crippen LogP contribution in [0.5, 0.6) is 0 Å². The number of nitrogens with zero attached hydrogens (tertiary/aromatic N) is 1. The highest BCUT2D eigenvalue weighted by Crippen LogP contribution is 2.50. The molecular formula is C51H38INS. The van der Waals surface area contributed by atoms with Crippen molar-refractivity contribution in [1.82, 2.24) is 0 Å². The Kier molecular flexibility index (Phi) is 8.30.